The third-order valence-electron chi connectivity index (χ3n) is 5.70. The lowest BCUT2D eigenvalue weighted by Crippen LogP contribution is -2.38. The summed E-state index contributed by atoms with van der Waals surface area (Å²) in [6.07, 6.45) is 4.02. The first-order chi connectivity index (χ1) is 16.1. The largest absolute Gasteiger partial charge is 0.352 e. The molecule has 4 rings (SSSR count). The van der Waals surface area contributed by atoms with E-state index in [1.807, 2.05) is 65.5 Å². The summed E-state index contributed by atoms with van der Waals surface area (Å²) in [6.45, 7) is 2.85. The van der Waals surface area contributed by atoms with E-state index in [1.54, 1.807) is 7.05 Å². The summed E-state index contributed by atoms with van der Waals surface area (Å²) in [5, 5.41) is 6.39. The van der Waals surface area contributed by atoms with Crippen molar-refractivity contribution in [1.29, 1.82) is 0 Å². The molecule has 1 aliphatic rings. The molecular weight excluding hydrogens is 414 g/mol. The number of amides is 2. The second kappa shape index (κ2) is 10.7. The smallest absolute Gasteiger partial charge is 0.321 e. The number of benzene rings is 2. The molecule has 0 unspecified atom stereocenters. The van der Waals surface area contributed by atoms with Crippen LogP contribution in [0.1, 0.15) is 24.2 Å². The maximum Gasteiger partial charge on any atom is 0.321 e. The van der Waals surface area contributed by atoms with Gasteiger partial charge in [-0.1, -0.05) is 42.5 Å². The molecule has 0 atom stereocenters. The van der Waals surface area contributed by atoms with Crippen LogP contribution in [0.5, 0.6) is 0 Å². The van der Waals surface area contributed by atoms with Crippen molar-refractivity contribution in [1.82, 2.24) is 25.1 Å². The van der Waals surface area contributed by atoms with Gasteiger partial charge in [0, 0.05) is 39.4 Å². The minimum Gasteiger partial charge on any atom is -0.352 e. The van der Waals surface area contributed by atoms with Gasteiger partial charge in [-0.15, -0.1) is 0 Å². The summed E-state index contributed by atoms with van der Waals surface area (Å²) in [6, 6.07) is 18.0. The zero-order valence-electron chi connectivity index (χ0n) is 19.2. The molecule has 2 amide bonds. The third-order valence-corrected chi connectivity index (χ3v) is 5.70. The van der Waals surface area contributed by atoms with Gasteiger partial charge in [-0.3, -0.25) is 4.99 Å². The molecule has 0 bridgehead atoms. The van der Waals surface area contributed by atoms with Crippen molar-refractivity contribution in [2.24, 2.45) is 4.99 Å². The molecule has 3 aromatic rings. The number of nitrogens with zero attached hydrogens (tertiary/aromatic N) is 4. The van der Waals surface area contributed by atoms with Crippen molar-refractivity contribution in [2.45, 2.75) is 25.9 Å². The lowest BCUT2D eigenvalue weighted by atomic mass is 10.2. The van der Waals surface area contributed by atoms with Gasteiger partial charge < -0.3 is 25.4 Å². The summed E-state index contributed by atoms with van der Waals surface area (Å²) < 4.78 is 0. The maximum atomic E-state index is 12.4. The first kappa shape index (κ1) is 22.4. The zero-order valence-corrected chi connectivity index (χ0v) is 19.2. The summed E-state index contributed by atoms with van der Waals surface area (Å²) >= 11 is 0. The number of H-pyrrole nitrogens is 1. The molecule has 33 heavy (non-hydrogen) atoms. The summed E-state index contributed by atoms with van der Waals surface area (Å²) in [7, 11) is 3.75. The van der Waals surface area contributed by atoms with Crippen molar-refractivity contribution in [3.05, 3.63) is 72.2 Å². The van der Waals surface area contributed by atoms with Crippen LogP contribution in [0.15, 0.2) is 65.8 Å². The number of hydrogen-bond acceptors (Lipinski definition) is 3. The second-order valence-electron chi connectivity index (χ2n) is 8.19. The molecule has 1 aliphatic heterocycles. The highest BCUT2D eigenvalue weighted by Crippen LogP contribution is 2.17. The Morgan fingerprint density at radius 3 is 2.70 bits per heavy atom. The predicted octanol–water partition coefficient (Wildman–Crippen LogP) is 3.91. The molecule has 1 saturated heterocycles. The van der Waals surface area contributed by atoms with Crippen LogP contribution >= 0.6 is 0 Å². The average Bonchev–Trinajstić information content (AvgIpc) is 3.53. The lowest BCUT2D eigenvalue weighted by Gasteiger charge is -2.21. The fraction of sp³-hybridized carbons (Fsp3) is 0.320. The second-order valence-corrected chi connectivity index (χ2v) is 8.19. The molecule has 0 aliphatic carbocycles. The van der Waals surface area contributed by atoms with Crippen LogP contribution in [0, 0.1) is 0 Å². The number of nitrogens with one attached hydrogen (secondary N) is 3. The molecule has 0 radical (unpaired) electrons. The Balaban J connectivity index is 1.32. The molecule has 0 spiro atoms. The highest BCUT2D eigenvalue weighted by atomic mass is 16.2. The number of guanidine groups is 1. The number of anilines is 1. The normalized spacial score (nSPS) is 13.8. The number of aromatic nitrogens is 2. The van der Waals surface area contributed by atoms with Gasteiger partial charge in [-0.25, -0.2) is 9.78 Å². The van der Waals surface area contributed by atoms with E-state index in [0.717, 1.165) is 60.2 Å². The number of imidazole rings is 1. The van der Waals surface area contributed by atoms with E-state index in [0.29, 0.717) is 13.1 Å². The molecule has 2 heterocycles. The Morgan fingerprint density at radius 1 is 1.15 bits per heavy atom. The third kappa shape index (κ3) is 5.91. The van der Waals surface area contributed by atoms with Gasteiger partial charge in [-0.2, -0.15) is 0 Å². The molecule has 0 saturated carbocycles. The van der Waals surface area contributed by atoms with E-state index < -0.39 is 0 Å². The lowest BCUT2D eigenvalue weighted by molar-refractivity contribution is 0.222. The highest BCUT2D eigenvalue weighted by molar-refractivity contribution is 5.89. The van der Waals surface area contributed by atoms with E-state index in [4.69, 9.17) is 0 Å². The Morgan fingerprint density at radius 2 is 1.94 bits per heavy atom. The number of rotatable bonds is 6. The van der Waals surface area contributed by atoms with Crippen molar-refractivity contribution in [3.63, 3.8) is 0 Å². The fourth-order valence-corrected chi connectivity index (χ4v) is 3.95. The monoisotopic (exact) mass is 445 g/mol. The van der Waals surface area contributed by atoms with E-state index in [1.165, 1.54) is 0 Å². The summed E-state index contributed by atoms with van der Waals surface area (Å²) in [5.74, 6) is 1.63. The first-order valence-electron chi connectivity index (χ1n) is 11.3. The molecule has 8 nitrogen and oxygen atoms in total. The van der Waals surface area contributed by atoms with Crippen molar-refractivity contribution >= 4 is 17.7 Å². The Kier molecular flexibility index (Phi) is 7.24. The topological polar surface area (TPSA) is 88.7 Å². The Labute approximate surface area is 194 Å². The van der Waals surface area contributed by atoms with E-state index in [9.17, 15) is 4.79 Å². The molecular formula is C25H31N7O. The minimum absolute atomic E-state index is 0.0264. The van der Waals surface area contributed by atoms with E-state index >= 15 is 0 Å². The van der Waals surface area contributed by atoms with Gasteiger partial charge in [0.05, 0.1) is 18.4 Å². The summed E-state index contributed by atoms with van der Waals surface area (Å²) in [4.78, 5) is 28.5. The maximum absolute atomic E-state index is 12.4. The van der Waals surface area contributed by atoms with Crippen LogP contribution in [0.2, 0.25) is 0 Å². The molecule has 3 N–H and O–H groups in total. The first-order valence-corrected chi connectivity index (χ1v) is 11.3. The fourth-order valence-electron chi connectivity index (χ4n) is 3.95. The Hall–Kier alpha value is -3.81. The molecule has 2 aromatic carbocycles. The quantitative estimate of drug-likeness (QED) is 0.396. The van der Waals surface area contributed by atoms with Crippen LogP contribution in [0.3, 0.4) is 0 Å². The van der Waals surface area contributed by atoms with Gasteiger partial charge in [-0.05, 0) is 36.1 Å². The van der Waals surface area contributed by atoms with Gasteiger partial charge in [0.2, 0.25) is 0 Å². The van der Waals surface area contributed by atoms with Crippen LogP contribution < -0.4 is 10.6 Å². The SMILES string of the molecule is CN=C(NCc1cccc(NC(=O)N2CCCC2)c1)N(C)Cc1ncc(-c2ccccc2)[nH]1. The van der Waals surface area contributed by atoms with Crippen molar-refractivity contribution in [3.8, 4) is 11.3 Å². The van der Waals surface area contributed by atoms with Crippen LogP contribution in [0.4, 0.5) is 10.5 Å². The number of hydrogen-bond donors (Lipinski definition) is 3. The van der Waals surface area contributed by atoms with Crippen molar-refractivity contribution < 1.29 is 4.79 Å². The molecule has 1 fully saturated rings. The number of aromatic amines is 1. The van der Waals surface area contributed by atoms with Crippen LogP contribution in [0.25, 0.3) is 11.3 Å². The van der Waals surface area contributed by atoms with Crippen LogP contribution in [-0.2, 0) is 13.1 Å². The summed E-state index contributed by atoms with van der Waals surface area (Å²) in [5.41, 5.74) is 3.97. The molecule has 1 aromatic heterocycles. The van der Waals surface area contributed by atoms with Gasteiger partial charge in [0.25, 0.3) is 0 Å². The zero-order chi connectivity index (χ0) is 23.0. The van der Waals surface area contributed by atoms with Gasteiger partial charge >= 0.3 is 6.03 Å². The number of carbonyl (C=O) groups excluding carboxylic acids is 1. The van der Waals surface area contributed by atoms with Crippen LogP contribution in [-0.4, -0.2) is 58.9 Å². The standard InChI is InChI=1S/C25H31N7O/c1-26-24(31(2)18-23-27-17-22(30-23)20-10-4-3-5-11-20)28-16-19-9-8-12-21(15-19)29-25(33)32-13-6-7-14-32/h3-5,8-12,15,17H,6-7,13-14,16,18H2,1-2H3,(H,26,28)(H,27,30)(H,29,33). The molecule has 172 valence electrons. The average molecular weight is 446 g/mol. The highest BCUT2D eigenvalue weighted by Gasteiger charge is 2.17. The van der Waals surface area contributed by atoms with Gasteiger partial charge in [0.15, 0.2) is 5.96 Å². The number of aliphatic imine (C=N–C) groups is 1. The van der Waals surface area contributed by atoms with E-state index in [2.05, 4.69) is 37.7 Å². The minimum atomic E-state index is -0.0264. The van der Waals surface area contributed by atoms with Gasteiger partial charge in [0.1, 0.15) is 5.82 Å². The Bertz CT molecular complexity index is 1090. The predicted molar refractivity (Wildman–Crippen MR) is 132 cm³/mol. The molecule has 8 heteroatoms. The van der Waals surface area contributed by atoms with E-state index in [-0.39, 0.29) is 6.03 Å². The van der Waals surface area contributed by atoms with Crippen molar-refractivity contribution in [2.75, 3.05) is 32.5 Å². The number of likely N-dealkylation sites (tertiary alicyclic amines) is 1. The number of carbonyl (C=O) groups is 1. The number of urea groups is 1.